The van der Waals surface area contributed by atoms with Crippen molar-refractivity contribution in [3.05, 3.63) is 52.2 Å². The number of piperazine rings is 1. The zero-order chi connectivity index (χ0) is 24.1. The molecule has 1 saturated carbocycles. The quantitative estimate of drug-likeness (QED) is 0.534. The summed E-state index contributed by atoms with van der Waals surface area (Å²) in [4.78, 5) is 9.25. The van der Waals surface area contributed by atoms with Gasteiger partial charge in [-0.1, -0.05) is 52.3 Å². The summed E-state index contributed by atoms with van der Waals surface area (Å²) < 4.78 is 12.3. The number of hydrogen-bond acceptors (Lipinski definition) is 8. The topological polar surface area (TPSA) is 74.3 Å². The largest absolute Gasteiger partial charge is 0.372 e. The van der Waals surface area contributed by atoms with Gasteiger partial charge in [-0.3, -0.25) is 4.90 Å². The minimum Gasteiger partial charge on any atom is -0.372 e. The summed E-state index contributed by atoms with van der Waals surface area (Å²) in [6, 6.07) is 5.88. The zero-order valence-electron chi connectivity index (χ0n) is 19.3. The lowest BCUT2D eigenvalue weighted by molar-refractivity contribution is 0.0460. The van der Waals surface area contributed by atoms with Crippen molar-refractivity contribution in [1.82, 2.24) is 15.0 Å². The molecule has 4 heterocycles. The van der Waals surface area contributed by atoms with Crippen molar-refractivity contribution in [2.75, 3.05) is 26.2 Å². The Morgan fingerprint density at radius 1 is 1.23 bits per heavy atom. The molecule has 0 amide bonds. The average molecular weight is 535 g/mol. The van der Waals surface area contributed by atoms with Crippen LogP contribution in [0.4, 0.5) is 0 Å². The fourth-order valence-electron chi connectivity index (χ4n) is 5.27. The van der Waals surface area contributed by atoms with E-state index in [-0.39, 0.29) is 11.4 Å². The van der Waals surface area contributed by atoms with Gasteiger partial charge >= 0.3 is 0 Å². The third-order valence-electron chi connectivity index (χ3n) is 7.29. The van der Waals surface area contributed by atoms with Gasteiger partial charge in [-0.25, -0.2) is 4.99 Å². The minimum atomic E-state index is -0.699. The van der Waals surface area contributed by atoms with Crippen LogP contribution in [0.25, 0.3) is 11.3 Å². The van der Waals surface area contributed by atoms with Crippen molar-refractivity contribution < 1.29 is 14.4 Å². The van der Waals surface area contributed by atoms with Crippen LogP contribution in [0.2, 0.25) is 10.0 Å². The van der Waals surface area contributed by atoms with Crippen LogP contribution in [0, 0.1) is 0 Å². The highest BCUT2D eigenvalue weighted by Gasteiger charge is 2.40. The van der Waals surface area contributed by atoms with Gasteiger partial charge in [0.15, 0.2) is 11.4 Å². The number of amidine groups is 1. The molecule has 2 saturated heterocycles. The summed E-state index contributed by atoms with van der Waals surface area (Å²) >= 11 is 14.6. The predicted molar refractivity (Wildman–Crippen MR) is 139 cm³/mol. The van der Waals surface area contributed by atoms with E-state index in [2.05, 4.69) is 26.5 Å². The average Bonchev–Trinajstić information content (AvgIpc) is 3.30. The number of thioether (sulfide) groups is 1. The number of aliphatic imine (C=N–C) groups is 1. The molecule has 7 nitrogen and oxygen atoms in total. The number of hydrogen-bond donors (Lipinski definition) is 1. The van der Waals surface area contributed by atoms with Crippen LogP contribution in [0.5, 0.6) is 0 Å². The van der Waals surface area contributed by atoms with Crippen LogP contribution in [0.15, 0.2) is 40.4 Å². The smallest absolute Gasteiger partial charge is 0.163 e. The predicted octanol–water partition coefficient (Wildman–Crippen LogP) is 4.78. The van der Waals surface area contributed by atoms with Gasteiger partial charge in [0.2, 0.25) is 0 Å². The summed E-state index contributed by atoms with van der Waals surface area (Å²) in [6.07, 6.45) is 4.36. The highest BCUT2D eigenvalue weighted by Crippen LogP contribution is 2.46. The van der Waals surface area contributed by atoms with Crippen LogP contribution in [0.3, 0.4) is 0 Å². The molecule has 0 bridgehead atoms. The van der Waals surface area contributed by atoms with Crippen molar-refractivity contribution in [1.29, 1.82) is 0 Å². The number of halogens is 2. The fraction of sp³-hybridized carbons (Fsp3) is 0.520. The lowest BCUT2D eigenvalue weighted by Crippen LogP contribution is -2.51. The van der Waals surface area contributed by atoms with E-state index in [0.29, 0.717) is 39.9 Å². The van der Waals surface area contributed by atoms with E-state index in [1.54, 1.807) is 17.8 Å². The fourth-order valence-corrected chi connectivity index (χ4v) is 6.85. The molecule has 10 heteroatoms. The second kappa shape index (κ2) is 9.72. The molecule has 3 fully saturated rings. The molecule has 4 atom stereocenters. The Labute approximate surface area is 219 Å². The van der Waals surface area contributed by atoms with Gasteiger partial charge < -0.3 is 19.3 Å². The van der Waals surface area contributed by atoms with Gasteiger partial charge in [0, 0.05) is 49.3 Å². The number of nitrogens with zero attached hydrogens (tertiary/aromatic N) is 4. The molecule has 186 valence electrons. The first-order valence-corrected chi connectivity index (χ1v) is 13.7. The Balaban J connectivity index is 1.14. The summed E-state index contributed by atoms with van der Waals surface area (Å²) in [6.45, 7) is 7.89. The highest BCUT2D eigenvalue weighted by atomic mass is 35.5. The maximum Gasteiger partial charge on any atom is 0.163 e. The molecule has 0 radical (unpaired) electrons. The normalized spacial score (nSPS) is 28.9. The van der Waals surface area contributed by atoms with Crippen LogP contribution in [-0.2, 0) is 11.3 Å². The van der Waals surface area contributed by atoms with Crippen molar-refractivity contribution in [2.24, 2.45) is 4.99 Å². The molecule has 6 rings (SSSR count). The second-order valence-corrected chi connectivity index (χ2v) is 11.6. The van der Waals surface area contributed by atoms with E-state index in [4.69, 9.17) is 32.5 Å². The van der Waals surface area contributed by atoms with E-state index in [1.807, 2.05) is 18.2 Å². The molecule has 1 aromatic carbocycles. The monoisotopic (exact) mass is 534 g/mol. The number of aromatic nitrogens is 1. The van der Waals surface area contributed by atoms with E-state index in [9.17, 15) is 5.11 Å². The molecule has 1 aromatic heterocycles. The van der Waals surface area contributed by atoms with Gasteiger partial charge in [0.05, 0.1) is 28.0 Å². The first-order chi connectivity index (χ1) is 17.0. The van der Waals surface area contributed by atoms with Gasteiger partial charge in [0.25, 0.3) is 0 Å². The third kappa shape index (κ3) is 4.65. The van der Waals surface area contributed by atoms with Crippen molar-refractivity contribution in [2.45, 2.75) is 55.4 Å². The molecule has 1 aliphatic carbocycles. The first-order valence-electron chi connectivity index (χ1n) is 12.1. The Bertz CT molecular complexity index is 1130. The van der Waals surface area contributed by atoms with E-state index in [0.717, 1.165) is 61.9 Å². The van der Waals surface area contributed by atoms with Crippen molar-refractivity contribution >= 4 is 40.1 Å². The Morgan fingerprint density at radius 2 is 2.03 bits per heavy atom. The van der Waals surface area contributed by atoms with Gasteiger partial charge in [-0.15, -0.1) is 6.58 Å². The number of aliphatic hydroxyl groups excluding tert-OH is 1. The number of benzene rings is 1. The van der Waals surface area contributed by atoms with Crippen LogP contribution in [0.1, 0.15) is 36.5 Å². The van der Waals surface area contributed by atoms with Gasteiger partial charge in [-0.05, 0) is 31.4 Å². The van der Waals surface area contributed by atoms with Crippen LogP contribution in [-0.4, -0.2) is 75.0 Å². The molecule has 2 unspecified atom stereocenters. The van der Waals surface area contributed by atoms with Gasteiger partial charge in [-0.2, -0.15) is 0 Å². The number of fused-ring (bicyclic) bond motifs is 1. The Hall–Kier alpha value is -1.55. The Kier molecular flexibility index (Phi) is 6.62. The standard InChI is InChI=1S/C25H28Cl2N4O3S/c1-2-20-24(32)28-25(35-20)31-9-8-30-12-16(10-15(30)11-31)33-13-17-22(29-34-23(17)14-6-7-14)21-18(26)4-3-5-19(21)27/h2-5,14-16,20,24,32H,1,6-13H2/t15-,16-,20?,24?/m1/s1. The van der Waals surface area contributed by atoms with Gasteiger partial charge in [0.1, 0.15) is 11.5 Å². The first kappa shape index (κ1) is 23.8. The molecule has 1 N–H and O–H groups in total. The molecular formula is C25H28Cl2N4O3S. The molecule has 0 spiro atoms. The number of aliphatic hydroxyl groups is 1. The van der Waals surface area contributed by atoms with Crippen LogP contribution < -0.4 is 0 Å². The summed E-state index contributed by atoms with van der Waals surface area (Å²) in [5.41, 5.74) is 2.37. The number of ether oxygens (including phenoxy) is 1. The highest BCUT2D eigenvalue weighted by molar-refractivity contribution is 8.14. The maximum absolute atomic E-state index is 10.1. The SMILES string of the molecule is C=CC1SC(N2CCN3C[C@H](OCc4c(-c5c(Cl)cccc5Cl)noc4C4CC4)C[C@@H]3C2)=NC1O. The van der Waals surface area contributed by atoms with Crippen molar-refractivity contribution in [3.8, 4) is 11.3 Å². The summed E-state index contributed by atoms with van der Waals surface area (Å²) in [5, 5.41) is 16.5. The molecule has 4 aliphatic rings. The van der Waals surface area contributed by atoms with E-state index in [1.165, 1.54) is 0 Å². The molecule has 3 aliphatic heterocycles. The molecule has 2 aromatic rings. The van der Waals surface area contributed by atoms with Crippen LogP contribution >= 0.6 is 35.0 Å². The number of rotatable bonds is 6. The second-order valence-electron chi connectivity index (χ2n) is 9.65. The Morgan fingerprint density at radius 3 is 2.74 bits per heavy atom. The molecule has 35 heavy (non-hydrogen) atoms. The van der Waals surface area contributed by atoms with Crippen molar-refractivity contribution in [3.63, 3.8) is 0 Å². The van der Waals surface area contributed by atoms with E-state index < -0.39 is 6.23 Å². The summed E-state index contributed by atoms with van der Waals surface area (Å²) in [5.74, 6) is 1.31. The lowest BCUT2D eigenvalue weighted by atomic mass is 10.0. The maximum atomic E-state index is 10.1. The zero-order valence-corrected chi connectivity index (χ0v) is 21.6. The third-order valence-corrected chi connectivity index (χ3v) is 9.20. The minimum absolute atomic E-state index is 0.0623. The van der Waals surface area contributed by atoms with E-state index >= 15 is 0 Å². The summed E-state index contributed by atoms with van der Waals surface area (Å²) in [7, 11) is 0. The lowest BCUT2D eigenvalue weighted by Gasteiger charge is -2.38. The molecular weight excluding hydrogens is 507 g/mol.